The molecule has 0 saturated carbocycles. The van der Waals surface area contributed by atoms with E-state index in [1.54, 1.807) is 53.4 Å². The van der Waals surface area contributed by atoms with E-state index in [0.29, 0.717) is 36.1 Å². The lowest BCUT2D eigenvalue weighted by Gasteiger charge is -2.45. The van der Waals surface area contributed by atoms with Crippen LogP contribution in [0.2, 0.25) is 10.0 Å². The van der Waals surface area contributed by atoms with Crippen molar-refractivity contribution in [3.05, 3.63) is 87.1 Å². The number of piperazine rings is 1. The Morgan fingerprint density at radius 3 is 1.91 bits per heavy atom. The Kier molecular flexibility index (Phi) is 15.5. The van der Waals surface area contributed by atoms with Crippen molar-refractivity contribution in [2.45, 2.75) is 61.0 Å². The molecule has 4 atom stereocenters. The molecule has 12 nitrogen and oxygen atoms in total. The minimum atomic E-state index is -1.64. The van der Waals surface area contributed by atoms with E-state index < -0.39 is 29.4 Å². The third-order valence-corrected chi connectivity index (χ3v) is 12.3. The van der Waals surface area contributed by atoms with Crippen molar-refractivity contribution in [3.8, 4) is 0 Å². The summed E-state index contributed by atoms with van der Waals surface area (Å²) in [5.41, 5.74) is 0.595. The standard InChI is InChI=1S/C36H42Cl2N4O8S.2ClH/c1-40-22-12-13-23(40)19-24(18-22)41-14-16-42(17-15-41)30(43)20-28-33(49-35(44)47-2)32(31-26(37)10-7-11-27(31)38)34(50-36(45)48-3)29(39-28)21-51(46)25-8-5-4-6-9-25;;/h4-11,22-24,32,39H,12-21H2,1-3H3;2*1H. The molecule has 290 valence electrons. The van der Waals surface area contributed by atoms with Crippen molar-refractivity contribution < 1.29 is 37.9 Å². The number of ether oxygens (including phenoxy) is 4. The zero-order valence-electron chi connectivity index (χ0n) is 29.6. The number of fused-ring (bicyclic) bond motifs is 2. The Labute approximate surface area is 335 Å². The fourth-order valence-corrected chi connectivity index (χ4v) is 9.35. The van der Waals surface area contributed by atoms with Gasteiger partial charge in [0.1, 0.15) is 17.4 Å². The number of nitrogens with zero attached hydrogens (tertiary/aromatic N) is 3. The molecule has 0 spiro atoms. The maximum absolute atomic E-state index is 14.1. The van der Waals surface area contributed by atoms with E-state index in [1.807, 2.05) is 0 Å². The van der Waals surface area contributed by atoms with Gasteiger partial charge in [0.05, 0.1) is 26.3 Å². The maximum Gasteiger partial charge on any atom is 0.513 e. The molecule has 4 heterocycles. The summed E-state index contributed by atoms with van der Waals surface area (Å²) in [5, 5.41) is 3.49. The second kappa shape index (κ2) is 19.1. The molecule has 1 N–H and O–H groups in total. The first kappa shape index (κ1) is 42.9. The number of carbonyl (C=O) groups excluding carboxylic acids is 3. The van der Waals surface area contributed by atoms with E-state index in [9.17, 15) is 18.9 Å². The summed E-state index contributed by atoms with van der Waals surface area (Å²) < 4.78 is 34.9. The normalized spacial score (nSPS) is 23.6. The van der Waals surface area contributed by atoms with Crippen molar-refractivity contribution >= 4 is 77.4 Å². The minimum Gasteiger partial charge on any atom is -0.611 e. The van der Waals surface area contributed by atoms with Crippen molar-refractivity contribution in [1.29, 1.82) is 0 Å². The number of nitrogens with one attached hydrogen (secondary N) is 1. The maximum atomic E-state index is 14.1. The van der Waals surface area contributed by atoms with Crippen LogP contribution in [0.5, 0.6) is 0 Å². The number of amides is 1. The summed E-state index contributed by atoms with van der Waals surface area (Å²) in [7, 11) is 4.52. The van der Waals surface area contributed by atoms with E-state index in [1.165, 1.54) is 12.8 Å². The summed E-state index contributed by atoms with van der Waals surface area (Å²) in [6.07, 6.45) is 2.39. The lowest BCUT2D eigenvalue weighted by molar-refractivity contribution is -0.133. The number of hydrogen-bond acceptors (Lipinski definition) is 11. The highest BCUT2D eigenvalue weighted by atomic mass is 35.5. The van der Waals surface area contributed by atoms with Gasteiger partial charge in [0.25, 0.3) is 0 Å². The largest absolute Gasteiger partial charge is 0.611 e. The average molecular weight is 835 g/mol. The molecule has 3 fully saturated rings. The second-order valence-electron chi connectivity index (χ2n) is 13.1. The van der Waals surface area contributed by atoms with Crippen LogP contribution in [-0.4, -0.2) is 109 Å². The molecule has 4 aliphatic rings. The lowest BCUT2D eigenvalue weighted by atomic mass is 9.89. The monoisotopic (exact) mass is 832 g/mol. The Balaban J connectivity index is 0.00000314. The van der Waals surface area contributed by atoms with Crippen molar-refractivity contribution in [2.75, 3.05) is 53.2 Å². The van der Waals surface area contributed by atoms with Crippen LogP contribution in [-0.2, 0) is 34.9 Å². The molecule has 4 unspecified atom stereocenters. The molecule has 17 heteroatoms. The molecule has 53 heavy (non-hydrogen) atoms. The second-order valence-corrected chi connectivity index (χ2v) is 15.3. The van der Waals surface area contributed by atoms with Gasteiger partial charge >= 0.3 is 12.3 Å². The summed E-state index contributed by atoms with van der Waals surface area (Å²) in [6, 6.07) is 15.3. The Hall–Kier alpha value is -2.88. The van der Waals surface area contributed by atoms with Crippen LogP contribution >= 0.6 is 48.0 Å². The van der Waals surface area contributed by atoms with E-state index in [2.05, 4.69) is 22.2 Å². The quantitative estimate of drug-likeness (QED) is 0.220. The van der Waals surface area contributed by atoms with Gasteiger partial charge in [-0.1, -0.05) is 47.5 Å². The van der Waals surface area contributed by atoms with E-state index >= 15 is 0 Å². The fourth-order valence-electron chi connectivity index (χ4n) is 7.63. The van der Waals surface area contributed by atoms with Crippen LogP contribution < -0.4 is 5.32 Å². The molecule has 2 bridgehead atoms. The van der Waals surface area contributed by atoms with Crippen LogP contribution in [0.1, 0.15) is 43.6 Å². The van der Waals surface area contributed by atoms with Crippen molar-refractivity contribution in [1.82, 2.24) is 20.0 Å². The zero-order chi connectivity index (χ0) is 36.2. The number of halogens is 4. The molecule has 2 aromatic rings. The van der Waals surface area contributed by atoms with Gasteiger partial charge in [-0.05, 0) is 68.2 Å². The molecule has 1 amide bonds. The van der Waals surface area contributed by atoms with Gasteiger partial charge in [-0.15, -0.1) is 24.8 Å². The molecule has 0 aromatic heterocycles. The first-order valence-electron chi connectivity index (χ1n) is 16.9. The third-order valence-electron chi connectivity index (χ3n) is 10.3. The van der Waals surface area contributed by atoms with Crippen LogP contribution in [0.25, 0.3) is 0 Å². The van der Waals surface area contributed by atoms with Crippen molar-refractivity contribution in [3.63, 3.8) is 0 Å². The van der Waals surface area contributed by atoms with Gasteiger partial charge < -0.3 is 38.6 Å². The van der Waals surface area contributed by atoms with Crippen LogP contribution in [0.3, 0.4) is 0 Å². The molecule has 4 aliphatic heterocycles. The van der Waals surface area contributed by atoms with Crippen LogP contribution in [0.4, 0.5) is 9.59 Å². The Morgan fingerprint density at radius 2 is 1.36 bits per heavy atom. The Morgan fingerprint density at radius 1 is 0.811 bits per heavy atom. The topological polar surface area (TPSA) is 133 Å². The first-order chi connectivity index (χ1) is 24.6. The number of rotatable bonds is 9. The molecular formula is C36H44Cl4N4O8S. The lowest BCUT2D eigenvalue weighted by Crippen LogP contribution is -2.56. The predicted molar refractivity (Wildman–Crippen MR) is 206 cm³/mol. The van der Waals surface area contributed by atoms with Crippen molar-refractivity contribution in [2.24, 2.45) is 0 Å². The van der Waals surface area contributed by atoms with Crippen LogP contribution in [0.15, 0.2) is 76.3 Å². The first-order valence-corrected chi connectivity index (χ1v) is 19.0. The van der Waals surface area contributed by atoms with Gasteiger partial charge in [-0.25, -0.2) is 9.59 Å². The molecule has 3 saturated heterocycles. The van der Waals surface area contributed by atoms with Gasteiger partial charge in [-0.2, -0.15) is 0 Å². The van der Waals surface area contributed by atoms with Crippen LogP contribution in [0, 0.1) is 0 Å². The van der Waals surface area contributed by atoms with E-state index in [4.69, 9.17) is 42.1 Å². The highest BCUT2D eigenvalue weighted by molar-refractivity contribution is 7.91. The smallest absolute Gasteiger partial charge is 0.513 e. The highest BCUT2D eigenvalue weighted by Gasteiger charge is 2.43. The molecule has 6 rings (SSSR count). The summed E-state index contributed by atoms with van der Waals surface area (Å²) in [5.74, 6) is -1.85. The van der Waals surface area contributed by atoms with Gasteiger partial charge in [0, 0.05) is 59.9 Å². The number of methoxy groups -OCH3 is 2. The summed E-state index contributed by atoms with van der Waals surface area (Å²) in [6.45, 7) is 2.60. The number of carbonyl (C=O) groups is 3. The SMILES string of the molecule is COC(=O)OC1=C(CC(=O)N2CCN(C3CC4CCC(C3)N4C)CC2)NC(C[S+]([O-])c2ccccc2)=C(OC(=O)OC)C1c1c(Cl)cccc1Cl.Cl.Cl. The molecule has 0 radical (unpaired) electrons. The number of piperidine rings is 1. The third kappa shape index (κ3) is 9.68. The average Bonchev–Trinajstić information content (AvgIpc) is 3.32. The Bertz CT molecular complexity index is 1660. The van der Waals surface area contributed by atoms with E-state index in [-0.39, 0.29) is 81.4 Å². The fraction of sp³-hybridized carbons (Fsp3) is 0.472. The molecule has 0 aliphatic carbocycles. The predicted octanol–water partition coefficient (Wildman–Crippen LogP) is 6.48. The van der Waals surface area contributed by atoms with E-state index in [0.717, 1.165) is 40.2 Å². The highest BCUT2D eigenvalue weighted by Crippen LogP contribution is 2.46. The molecular weight excluding hydrogens is 790 g/mol. The summed E-state index contributed by atoms with van der Waals surface area (Å²) in [4.78, 5) is 46.9. The number of hydrogen-bond donors (Lipinski definition) is 1. The van der Waals surface area contributed by atoms with Gasteiger partial charge in [0.2, 0.25) is 5.91 Å². The summed E-state index contributed by atoms with van der Waals surface area (Å²) >= 11 is 11.8. The molecule has 2 aromatic carbocycles. The zero-order valence-corrected chi connectivity index (χ0v) is 33.5. The number of benzene rings is 2. The number of dihydropyridines is 1. The van der Waals surface area contributed by atoms with Gasteiger partial charge in [-0.3, -0.25) is 9.69 Å². The minimum absolute atomic E-state index is 0. The van der Waals surface area contributed by atoms with Gasteiger partial charge in [0.15, 0.2) is 16.4 Å².